The second-order valence-corrected chi connectivity index (χ2v) is 7.90. The van der Waals surface area contributed by atoms with Gasteiger partial charge in [-0.1, -0.05) is 19.1 Å². The van der Waals surface area contributed by atoms with E-state index in [-0.39, 0.29) is 16.1 Å². The molecule has 0 aliphatic carbocycles. The van der Waals surface area contributed by atoms with Gasteiger partial charge in [0.15, 0.2) is 0 Å². The third-order valence-corrected chi connectivity index (χ3v) is 5.19. The lowest BCUT2D eigenvalue weighted by Crippen LogP contribution is -2.45. The summed E-state index contributed by atoms with van der Waals surface area (Å²) in [6.45, 7) is 11.7. The van der Waals surface area contributed by atoms with Gasteiger partial charge in [-0.2, -0.15) is 0 Å². The van der Waals surface area contributed by atoms with E-state index in [0.29, 0.717) is 0 Å². The number of fused-ring (bicyclic) bond motifs is 1. The largest absolute Gasteiger partial charge is 0.362 e. The highest BCUT2D eigenvalue weighted by atomic mass is 16.6. The summed E-state index contributed by atoms with van der Waals surface area (Å²) in [6.07, 6.45) is 5.25. The van der Waals surface area contributed by atoms with Crippen molar-refractivity contribution in [1.82, 2.24) is 0 Å². The molecule has 2 aromatic carbocycles. The quantitative estimate of drug-likeness (QED) is 0.361. The van der Waals surface area contributed by atoms with Gasteiger partial charge >= 0.3 is 0 Å². The first-order valence-electron chi connectivity index (χ1n) is 9.63. The molecule has 0 spiro atoms. The van der Waals surface area contributed by atoms with Crippen molar-refractivity contribution >= 4 is 28.8 Å². The Morgan fingerprint density at radius 3 is 2.57 bits per heavy atom. The van der Waals surface area contributed by atoms with Crippen LogP contribution in [0.15, 0.2) is 47.5 Å². The number of hydrogen-bond donors (Lipinski definition) is 0. The van der Waals surface area contributed by atoms with Crippen LogP contribution in [0.25, 0.3) is 5.57 Å². The van der Waals surface area contributed by atoms with Gasteiger partial charge in [0.2, 0.25) is 0 Å². The predicted octanol–water partition coefficient (Wildman–Crippen LogP) is 6.07. The number of nitrogens with zero attached hydrogens (tertiary/aromatic N) is 3. The number of hydrogen-bond acceptors (Lipinski definition) is 4. The Bertz CT molecular complexity index is 974. The molecule has 0 aromatic heterocycles. The third-order valence-electron chi connectivity index (χ3n) is 5.19. The van der Waals surface area contributed by atoms with Crippen molar-refractivity contribution < 1.29 is 4.92 Å². The van der Waals surface area contributed by atoms with Gasteiger partial charge in [-0.05, 0) is 69.0 Å². The molecule has 28 heavy (non-hydrogen) atoms. The zero-order chi connectivity index (χ0) is 20.5. The first-order chi connectivity index (χ1) is 13.2. The van der Waals surface area contributed by atoms with E-state index in [1.165, 1.54) is 22.9 Å². The minimum atomic E-state index is -0.386. The van der Waals surface area contributed by atoms with E-state index in [9.17, 15) is 10.1 Å². The Labute approximate surface area is 166 Å². The summed E-state index contributed by atoms with van der Waals surface area (Å²) in [5, 5.41) is 10.9. The molecule has 0 atom stereocenters. The number of aliphatic imine (C=N–C) groups is 1. The van der Waals surface area contributed by atoms with Crippen molar-refractivity contribution in [3.8, 4) is 0 Å². The van der Waals surface area contributed by atoms with Gasteiger partial charge in [0.25, 0.3) is 5.69 Å². The van der Waals surface area contributed by atoms with Crippen LogP contribution in [0, 0.1) is 17.0 Å². The molecule has 0 saturated heterocycles. The average molecular weight is 377 g/mol. The number of benzene rings is 2. The standard InChI is InChI=1S/C23H27N3O2/c1-6-11-25-22-10-7-18(13-20(22)17(3)14-23(25,4)5)15-24-21-9-8-19(26(27)28)12-16(21)2/h7-10,12-15H,6,11H2,1-5H3. The summed E-state index contributed by atoms with van der Waals surface area (Å²) < 4.78 is 0. The molecule has 3 rings (SSSR count). The van der Waals surface area contributed by atoms with Crippen molar-refractivity contribution in [1.29, 1.82) is 0 Å². The Balaban J connectivity index is 1.93. The zero-order valence-electron chi connectivity index (χ0n) is 17.2. The molecule has 0 saturated carbocycles. The maximum Gasteiger partial charge on any atom is 0.269 e. The van der Waals surface area contributed by atoms with Crippen LogP contribution in [0.4, 0.5) is 17.1 Å². The van der Waals surface area contributed by atoms with Gasteiger partial charge in [-0.15, -0.1) is 0 Å². The lowest BCUT2D eigenvalue weighted by molar-refractivity contribution is -0.384. The number of allylic oxidation sites excluding steroid dienone is 1. The highest BCUT2D eigenvalue weighted by molar-refractivity contribution is 5.89. The highest BCUT2D eigenvalue weighted by Crippen LogP contribution is 2.39. The molecule has 0 unspecified atom stereocenters. The predicted molar refractivity (Wildman–Crippen MR) is 117 cm³/mol. The average Bonchev–Trinajstić information content (AvgIpc) is 2.63. The zero-order valence-corrected chi connectivity index (χ0v) is 17.2. The van der Waals surface area contributed by atoms with Crippen molar-refractivity contribution in [3.05, 3.63) is 69.3 Å². The number of non-ortho nitro benzene ring substituents is 1. The summed E-state index contributed by atoms with van der Waals surface area (Å²) in [5.41, 5.74) is 6.39. The van der Waals surface area contributed by atoms with Crippen molar-refractivity contribution in [3.63, 3.8) is 0 Å². The second-order valence-electron chi connectivity index (χ2n) is 7.90. The van der Waals surface area contributed by atoms with Crippen molar-refractivity contribution in [2.24, 2.45) is 4.99 Å². The topological polar surface area (TPSA) is 58.7 Å². The van der Waals surface area contributed by atoms with E-state index >= 15 is 0 Å². The summed E-state index contributed by atoms with van der Waals surface area (Å²) in [5.74, 6) is 0. The van der Waals surface area contributed by atoms with Crippen LogP contribution in [0.1, 0.15) is 50.8 Å². The summed E-state index contributed by atoms with van der Waals surface area (Å²) in [7, 11) is 0. The Morgan fingerprint density at radius 2 is 1.93 bits per heavy atom. The fourth-order valence-corrected chi connectivity index (χ4v) is 3.86. The summed E-state index contributed by atoms with van der Waals surface area (Å²) in [6, 6.07) is 11.2. The number of rotatable bonds is 5. The van der Waals surface area contributed by atoms with Crippen LogP contribution in [0.2, 0.25) is 0 Å². The van der Waals surface area contributed by atoms with Crippen molar-refractivity contribution in [2.75, 3.05) is 11.4 Å². The molecule has 5 nitrogen and oxygen atoms in total. The Hall–Kier alpha value is -2.95. The van der Waals surface area contributed by atoms with E-state index < -0.39 is 0 Å². The van der Waals surface area contributed by atoms with Crippen LogP contribution >= 0.6 is 0 Å². The summed E-state index contributed by atoms with van der Waals surface area (Å²) >= 11 is 0. The fraction of sp³-hybridized carbons (Fsp3) is 0.348. The van der Waals surface area contributed by atoms with E-state index in [1.54, 1.807) is 12.1 Å². The molecule has 0 N–H and O–H groups in total. The molecule has 5 heteroatoms. The molecule has 0 radical (unpaired) electrons. The van der Waals surface area contributed by atoms with Crippen LogP contribution < -0.4 is 4.90 Å². The lowest BCUT2D eigenvalue weighted by Gasteiger charge is -2.43. The maximum atomic E-state index is 10.9. The normalized spacial score (nSPS) is 15.5. The number of anilines is 1. The molecule has 0 fully saturated rings. The summed E-state index contributed by atoms with van der Waals surface area (Å²) in [4.78, 5) is 17.5. The smallest absolute Gasteiger partial charge is 0.269 e. The van der Waals surface area contributed by atoms with E-state index in [2.05, 4.69) is 61.9 Å². The molecular formula is C23H27N3O2. The number of aryl methyl sites for hydroxylation is 1. The monoisotopic (exact) mass is 377 g/mol. The van der Waals surface area contributed by atoms with Gasteiger partial charge in [0.1, 0.15) is 0 Å². The van der Waals surface area contributed by atoms with Crippen LogP contribution in [0.5, 0.6) is 0 Å². The van der Waals surface area contributed by atoms with Gasteiger partial charge in [-0.3, -0.25) is 15.1 Å². The van der Waals surface area contributed by atoms with Gasteiger partial charge < -0.3 is 4.90 Å². The van der Waals surface area contributed by atoms with Crippen LogP contribution in [0.3, 0.4) is 0 Å². The van der Waals surface area contributed by atoms with Crippen LogP contribution in [-0.4, -0.2) is 23.2 Å². The van der Waals surface area contributed by atoms with E-state index in [0.717, 1.165) is 29.8 Å². The SMILES string of the molecule is CCCN1c2ccc(C=Nc3ccc([N+](=O)[O-])cc3C)cc2C(C)=CC1(C)C. The van der Waals surface area contributed by atoms with Crippen molar-refractivity contribution in [2.45, 2.75) is 46.6 Å². The molecule has 1 aliphatic rings. The van der Waals surface area contributed by atoms with E-state index in [4.69, 9.17) is 0 Å². The molecule has 0 bridgehead atoms. The van der Waals surface area contributed by atoms with Gasteiger partial charge in [0, 0.05) is 36.1 Å². The fourth-order valence-electron chi connectivity index (χ4n) is 3.86. The third kappa shape index (κ3) is 3.84. The first-order valence-corrected chi connectivity index (χ1v) is 9.63. The molecule has 0 amide bonds. The lowest BCUT2D eigenvalue weighted by atomic mass is 9.88. The first kappa shape index (κ1) is 19.8. The minimum absolute atomic E-state index is 0.00142. The number of nitro groups is 1. The van der Waals surface area contributed by atoms with E-state index in [1.807, 2.05) is 13.1 Å². The minimum Gasteiger partial charge on any atom is -0.362 e. The molecule has 1 aliphatic heterocycles. The number of nitro benzene ring substituents is 1. The Morgan fingerprint density at radius 1 is 1.18 bits per heavy atom. The molecule has 146 valence electrons. The molecule has 2 aromatic rings. The van der Waals surface area contributed by atoms with Gasteiger partial charge in [-0.25, -0.2) is 0 Å². The molecular weight excluding hydrogens is 350 g/mol. The highest BCUT2D eigenvalue weighted by Gasteiger charge is 2.30. The van der Waals surface area contributed by atoms with Crippen LogP contribution in [-0.2, 0) is 0 Å². The maximum absolute atomic E-state index is 10.9. The second kappa shape index (κ2) is 7.58. The van der Waals surface area contributed by atoms with Gasteiger partial charge in [0.05, 0.1) is 16.1 Å². The Kier molecular flexibility index (Phi) is 5.36. The molecule has 1 heterocycles.